The molecule has 2 aromatic carbocycles. The summed E-state index contributed by atoms with van der Waals surface area (Å²) in [5.41, 5.74) is 6.35. The fourth-order valence-corrected chi connectivity index (χ4v) is 2.96. The topological polar surface area (TPSA) is 137 Å². The summed E-state index contributed by atoms with van der Waals surface area (Å²) < 4.78 is 5.78. The van der Waals surface area contributed by atoms with Crippen molar-refractivity contribution in [2.24, 2.45) is 0 Å². The molecular formula is C23H24N6O3. The molecule has 1 heterocycles. The number of nitrogens with zero attached hydrogens (tertiary/aromatic N) is 2. The maximum Gasteiger partial charge on any atom is 0.288 e. The molecule has 5 N–H and O–H groups in total. The normalized spacial score (nSPS) is 10.3. The van der Waals surface area contributed by atoms with Crippen LogP contribution in [0.5, 0.6) is 11.5 Å². The van der Waals surface area contributed by atoms with Gasteiger partial charge in [-0.25, -0.2) is 5.10 Å². The zero-order valence-electron chi connectivity index (χ0n) is 17.6. The van der Waals surface area contributed by atoms with Crippen molar-refractivity contribution in [1.82, 2.24) is 15.1 Å². The first-order chi connectivity index (χ1) is 15.4. The molecular weight excluding hydrogens is 408 g/mol. The molecule has 32 heavy (non-hydrogen) atoms. The summed E-state index contributed by atoms with van der Waals surface area (Å²) in [6.45, 7) is 4.04. The van der Waals surface area contributed by atoms with Gasteiger partial charge in [-0.1, -0.05) is 24.8 Å². The Morgan fingerprint density at radius 2 is 1.88 bits per heavy atom. The molecule has 9 nitrogen and oxygen atoms in total. The Morgan fingerprint density at radius 1 is 1.22 bits per heavy atom. The van der Waals surface area contributed by atoms with Crippen molar-refractivity contribution in [2.45, 2.75) is 0 Å². The van der Waals surface area contributed by atoms with Gasteiger partial charge in [-0.3, -0.25) is 15.0 Å². The highest BCUT2D eigenvalue weighted by molar-refractivity contribution is 6.16. The average Bonchev–Trinajstić information content (AvgIpc) is 2.81. The summed E-state index contributed by atoms with van der Waals surface area (Å²) in [6.07, 6.45) is 1.21. The number of aromatic amines is 1. The van der Waals surface area contributed by atoms with Gasteiger partial charge in [0, 0.05) is 25.7 Å². The van der Waals surface area contributed by atoms with Crippen molar-refractivity contribution < 1.29 is 9.53 Å². The van der Waals surface area contributed by atoms with E-state index in [1.807, 2.05) is 30.3 Å². The Morgan fingerprint density at radius 3 is 2.53 bits per heavy atom. The zero-order valence-corrected chi connectivity index (χ0v) is 17.6. The second-order valence-corrected chi connectivity index (χ2v) is 6.89. The molecule has 0 aliphatic carbocycles. The molecule has 0 aliphatic rings. The van der Waals surface area contributed by atoms with E-state index >= 15 is 0 Å². The monoisotopic (exact) mass is 432 g/mol. The van der Waals surface area contributed by atoms with Crippen molar-refractivity contribution in [3.05, 3.63) is 88.7 Å². The number of H-pyrrole nitrogens is 1. The van der Waals surface area contributed by atoms with Crippen LogP contribution in [0.25, 0.3) is 0 Å². The molecule has 1 amide bonds. The first kappa shape index (κ1) is 22.3. The lowest BCUT2D eigenvalue weighted by molar-refractivity contribution is -0.124. The molecule has 0 unspecified atom stereocenters. The van der Waals surface area contributed by atoms with Gasteiger partial charge in [-0.2, -0.15) is 5.10 Å². The molecule has 9 heteroatoms. The number of carbonyl (C=O) groups excluding carboxylic acids is 1. The Kier molecular flexibility index (Phi) is 7.02. The van der Waals surface area contributed by atoms with Crippen LogP contribution in [0.2, 0.25) is 0 Å². The van der Waals surface area contributed by atoms with Gasteiger partial charge < -0.3 is 20.7 Å². The van der Waals surface area contributed by atoms with Crippen LogP contribution in [-0.2, 0) is 4.79 Å². The number of hydrogen-bond donors (Lipinski definition) is 4. The van der Waals surface area contributed by atoms with Gasteiger partial charge in [0.25, 0.3) is 5.56 Å². The summed E-state index contributed by atoms with van der Waals surface area (Å²) in [6, 6.07) is 16.2. The molecule has 0 aliphatic heterocycles. The first-order valence-corrected chi connectivity index (χ1v) is 9.82. The molecule has 164 valence electrons. The van der Waals surface area contributed by atoms with Gasteiger partial charge in [-0.05, 0) is 42.5 Å². The summed E-state index contributed by atoms with van der Waals surface area (Å²) in [7, 11) is 1.62. The summed E-state index contributed by atoms with van der Waals surface area (Å²) >= 11 is 0. The van der Waals surface area contributed by atoms with Gasteiger partial charge >= 0.3 is 0 Å². The second kappa shape index (κ2) is 10.1. The number of likely N-dealkylation sites (N-methyl/N-ethyl adjacent to an activating group) is 1. The highest BCUT2D eigenvalue weighted by Gasteiger charge is 2.18. The minimum Gasteiger partial charge on any atom is -0.457 e. The average molecular weight is 432 g/mol. The lowest BCUT2D eigenvalue weighted by atomic mass is 10.0. The molecule has 0 saturated carbocycles. The van der Waals surface area contributed by atoms with Crippen LogP contribution in [-0.4, -0.2) is 46.9 Å². The largest absolute Gasteiger partial charge is 0.457 e. The van der Waals surface area contributed by atoms with E-state index in [4.69, 9.17) is 15.9 Å². The molecule has 0 bridgehead atoms. The van der Waals surface area contributed by atoms with Crippen LogP contribution in [0.4, 0.5) is 11.5 Å². The number of rotatable bonds is 9. The highest BCUT2D eigenvalue weighted by atomic mass is 16.5. The molecule has 0 spiro atoms. The number of nitrogens with one attached hydrogen (secondary N) is 3. The van der Waals surface area contributed by atoms with E-state index in [9.17, 15) is 9.59 Å². The number of benzene rings is 2. The molecule has 3 rings (SSSR count). The third-order valence-electron chi connectivity index (χ3n) is 4.68. The lowest BCUT2D eigenvalue weighted by Crippen LogP contribution is -2.31. The number of aromatic nitrogens is 2. The van der Waals surface area contributed by atoms with Crippen LogP contribution >= 0.6 is 0 Å². The third kappa shape index (κ3) is 5.20. The van der Waals surface area contributed by atoms with Gasteiger partial charge in [-0.15, -0.1) is 0 Å². The van der Waals surface area contributed by atoms with Gasteiger partial charge in [0.15, 0.2) is 5.82 Å². The summed E-state index contributed by atoms with van der Waals surface area (Å²) in [5.74, 6) is 1.08. The smallest absolute Gasteiger partial charge is 0.288 e. The van der Waals surface area contributed by atoms with E-state index in [0.29, 0.717) is 23.6 Å². The van der Waals surface area contributed by atoms with Crippen LogP contribution in [0, 0.1) is 5.41 Å². The quantitative estimate of drug-likeness (QED) is 0.303. The molecule has 1 aromatic heterocycles. The van der Waals surface area contributed by atoms with Crippen LogP contribution in [0.1, 0.15) is 11.1 Å². The standard InChI is InChI=1S/C23H24N6O3/c1-3-18(30)29(2)14-13-26-21-19(22(25)27-28-23(21)31)20(24)15-9-11-17(12-10-15)32-16-7-5-4-6-8-16/h3-12,24H,1,13-14H2,2H3,(H,28,31)(H3,25,26,27). The van der Waals surface area contributed by atoms with Crippen molar-refractivity contribution in [3.63, 3.8) is 0 Å². The Labute approximate surface area is 185 Å². The van der Waals surface area contributed by atoms with Gasteiger partial charge in [0.1, 0.15) is 17.2 Å². The number of anilines is 2. The fraction of sp³-hybridized carbons (Fsp3) is 0.130. The number of para-hydroxylation sites is 1. The third-order valence-corrected chi connectivity index (χ3v) is 4.68. The van der Waals surface area contributed by atoms with E-state index in [-0.39, 0.29) is 35.2 Å². The van der Waals surface area contributed by atoms with Crippen molar-refractivity contribution >= 4 is 23.1 Å². The molecule has 0 fully saturated rings. The predicted molar refractivity (Wildman–Crippen MR) is 124 cm³/mol. The van der Waals surface area contributed by atoms with E-state index in [1.165, 1.54) is 11.0 Å². The number of carbonyl (C=O) groups is 1. The summed E-state index contributed by atoms with van der Waals surface area (Å²) in [5, 5.41) is 17.7. The molecule has 0 saturated heterocycles. The number of nitrogen functional groups attached to an aromatic ring is 1. The Balaban J connectivity index is 1.80. The number of ether oxygens (including phenoxy) is 1. The van der Waals surface area contributed by atoms with Crippen LogP contribution in [0.15, 0.2) is 72.0 Å². The lowest BCUT2D eigenvalue weighted by Gasteiger charge is -2.17. The minimum absolute atomic E-state index is 0.0113. The van der Waals surface area contributed by atoms with Crippen molar-refractivity contribution in [2.75, 3.05) is 31.2 Å². The Hall–Kier alpha value is -4.40. The number of amides is 1. The molecule has 3 aromatic rings. The van der Waals surface area contributed by atoms with Crippen LogP contribution < -0.4 is 21.3 Å². The van der Waals surface area contributed by atoms with E-state index in [2.05, 4.69) is 22.1 Å². The molecule has 0 radical (unpaired) electrons. The first-order valence-electron chi connectivity index (χ1n) is 9.82. The van der Waals surface area contributed by atoms with Crippen molar-refractivity contribution in [1.29, 1.82) is 5.41 Å². The van der Waals surface area contributed by atoms with Crippen molar-refractivity contribution in [3.8, 4) is 11.5 Å². The number of nitrogens with two attached hydrogens (primary N) is 1. The highest BCUT2D eigenvalue weighted by Crippen LogP contribution is 2.24. The molecule has 0 atom stereocenters. The maximum atomic E-state index is 12.4. The maximum absolute atomic E-state index is 12.4. The predicted octanol–water partition coefficient (Wildman–Crippen LogP) is 2.62. The fourth-order valence-electron chi connectivity index (χ4n) is 2.96. The Bertz CT molecular complexity index is 1170. The second-order valence-electron chi connectivity index (χ2n) is 6.89. The van der Waals surface area contributed by atoms with Crippen LogP contribution in [0.3, 0.4) is 0 Å². The minimum atomic E-state index is -0.513. The van der Waals surface area contributed by atoms with Gasteiger partial charge in [0.05, 0.1) is 11.3 Å². The number of hydrogen-bond acceptors (Lipinski definition) is 7. The zero-order chi connectivity index (χ0) is 23.1. The van der Waals surface area contributed by atoms with E-state index in [1.54, 1.807) is 31.3 Å². The van der Waals surface area contributed by atoms with Gasteiger partial charge in [0.2, 0.25) is 5.91 Å². The van der Waals surface area contributed by atoms with E-state index < -0.39 is 5.56 Å². The SMILES string of the molecule is C=CC(=O)N(C)CCNc1c(C(=N)c2ccc(Oc3ccccc3)cc2)c(N)n[nH]c1=O. The summed E-state index contributed by atoms with van der Waals surface area (Å²) in [4.78, 5) is 25.5. The van der Waals surface area contributed by atoms with E-state index in [0.717, 1.165) is 0 Å².